The van der Waals surface area contributed by atoms with Gasteiger partial charge in [0.15, 0.2) is 0 Å². The predicted molar refractivity (Wildman–Crippen MR) is 113 cm³/mol. The molecule has 0 saturated heterocycles. The number of nitrogens with zero attached hydrogens (tertiary/aromatic N) is 3. The molecule has 3 aromatic rings. The average Bonchev–Trinajstić information content (AvgIpc) is 2.93. The number of hydrogen-bond acceptors (Lipinski definition) is 4. The van der Waals surface area contributed by atoms with Crippen LogP contribution in [0.1, 0.15) is 17.0 Å². The number of carbonyl (C=O) groups excluding carboxylic acids is 1. The largest absolute Gasteiger partial charge is 0.324 e. The van der Waals surface area contributed by atoms with E-state index in [1.807, 2.05) is 6.92 Å². The fourth-order valence-corrected chi connectivity index (χ4v) is 4.99. The van der Waals surface area contributed by atoms with Gasteiger partial charge in [-0.2, -0.15) is 5.10 Å². The lowest BCUT2D eigenvalue weighted by atomic mass is 10.2. The molecule has 0 spiro atoms. The molecule has 0 fully saturated rings. The highest BCUT2D eigenvalue weighted by Crippen LogP contribution is 2.28. The molecule has 3 rings (SSSR count). The maximum atomic E-state index is 13.5. The Morgan fingerprint density at radius 1 is 1.13 bits per heavy atom. The zero-order chi connectivity index (χ0) is 22.1. The monoisotopic (exact) mass is 430 g/mol. The lowest BCUT2D eigenvalue weighted by Crippen LogP contribution is -2.38. The van der Waals surface area contributed by atoms with Crippen LogP contribution in [0.4, 0.5) is 15.8 Å². The second-order valence-electron chi connectivity index (χ2n) is 7.03. The van der Waals surface area contributed by atoms with Crippen molar-refractivity contribution in [3.05, 3.63) is 71.3 Å². The van der Waals surface area contributed by atoms with Crippen LogP contribution in [0.2, 0.25) is 0 Å². The summed E-state index contributed by atoms with van der Waals surface area (Å²) in [7, 11) is -2.43. The molecule has 0 saturated carbocycles. The molecule has 0 aliphatic carbocycles. The molecule has 0 aliphatic heterocycles. The lowest BCUT2D eigenvalue weighted by Gasteiger charge is -2.24. The summed E-state index contributed by atoms with van der Waals surface area (Å²) in [6.07, 6.45) is 0. The van der Waals surface area contributed by atoms with Gasteiger partial charge in [0.2, 0.25) is 5.91 Å². The van der Waals surface area contributed by atoms with Crippen LogP contribution in [0.3, 0.4) is 0 Å². The molecule has 1 N–H and O–H groups in total. The van der Waals surface area contributed by atoms with Gasteiger partial charge in [-0.15, -0.1) is 0 Å². The zero-order valence-corrected chi connectivity index (χ0v) is 18.0. The van der Waals surface area contributed by atoms with Gasteiger partial charge >= 0.3 is 0 Å². The zero-order valence-electron chi connectivity index (χ0n) is 17.2. The summed E-state index contributed by atoms with van der Waals surface area (Å²) < 4.78 is 43.0. The smallest absolute Gasteiger partial charge is 0.268 e. The van der Waals surface area contributed by atoms with E-state index < -0.39 is 28.3 Å². The lowest BCUT2D eigenvalue weighted by molar-refractivity contribution is -0.114. The molecule has 1 amide bonds. The molecule has 1 aromatic heterocycles. The fourth-order valence-electron chi connectivity index (χ4n) is 3.16. The Kier molecular flexibility index (Phi) is 5.93. The van der Waals surface area contributed by atoms with Gasteiger partial charge in [0.1, 0.15) is 17.3 Å². The molecule has 2 aromatic carbocycles. The highest BCUT2D eigenvalue weighted by atomic mass is 32.2. The first-order chi connectivity index (χ1) is 14.1. The van der Waals surface area contributed by atoms with Crippen molar-refractivity contribution >= 4 is 27.3 Å². The predicted octanol–water partition coefficient (Wildman–Crippen LogP) is 3.32. The fraction of sp³-hybridized carbons (Fsp3) is 0.238. The van der Waals surface area contributed by atoms with E-state index in [-0.39, 0.29) is 10.6 Å². The van der Waals surface area contributed by atoms with Crippen LogP contribution in [0.5, 0.6) is 0 Å². The average molecular weight is 431 g/mol. The molecule has 0 bridgehead atoms. The number of anilines is 2. The normalized spacial score (nSPS) is 11.4. The van der Waals surface area contributed by atoms with Crippen molar-refractivity contribution < 1.29 is 17.6 Å². The van der Waals surface area contributed by atoms with Gasteiger partial charge in [-0.25, -0.2) is 12.8 Å². The summed E-state index contributed by atoms with van der Waals surface area (Å²) in [5, 5.41) is 6.74. The van der Waals surface area contributed by atoms with Gasteiger partial charge in [0.25, 0.3) is 10.0 Å². The SMILES string of the molecule is Cc1ccc(N(CC(=O)Nc2cccc(F)c2)S(=O)(=O)c2c(C)nn(C)c2C)cc1. The van der Waals surface area contributed by atoms with E-state index in [1.165, 1.54) is 22.9 Å². The summed E-state index contributed by atoms with van der Waals surface area (Å²) in [6, 6.07) is 12.2. The minimum absolute atomic E-state index is 0.0594. The van der Waals surface area contributed by atoms with E-state index >= 15 is 0 Å². The molecule has 9 heteroatoms. The second-order valence-corrected chi connectivity index (χ2v) is 8.83. The first-order valence-electron chi connectivity index (χ1n) is 9.24. The van der Waals surface area contributed by atoms with Gasteiger partial charge in [0.05, 0.1) is 17.1 Å². The summed E-state index contributed by atoms with van der Waals surface area (Å²) in [4.78, 5) is 12.7. The van der Waals surface area contributed by atoms with Crippen molar-refractivity contribution in [2.24, 2.45) is 7.05 Å². The van der Waals surface area contributed by atoms with Crippen molar-refractivity contribution in [3.63, 3.8) is 0 Å². The number of aromatic nitrogens is 2. The first kappa shape index (κ1) is 21.5. The van der Waals surface area contributed by atoms with E-state index in [1.54, 1.807) is 45.2 Å². The standard InChI is InChI=1S/C21H23FN4O3S/c1-14-8-10-19(11-9-14)26(13-20(27)23-18-7-5-6-17(22)12-18)30(28,29)21-15(2)24-25(4)16(21)3/h5-12H,13H2,1-4H3,(H,23,27). The number of amides is 1. The van der Waals surface area contributed by atoms with Crippen LogP contribution in [0.25, 0.3) is 0 Å². The number of rotatable bonds is 6. The third-order valence-electron chi connectivity index (χ3n) is 4.71. The van der Waals surface area contributed by atoms with Crippen LogP contribution in [0.15, 0.2) is 53.4 Å². The number of hydrogen-bond donors (Lipinski definition) is 1. The van der Waals surface area contributed by atoms with E-state index in [9.17, 15) is 17.6 Å². The number of aryl methyl sites for hydroxylation is 3. The van der Waals surface area contributed by atoms with Crippen LogP contribution in [-0.2, 0) is 21.9 Å². The summed E-state index contributed by atoms with van der Waals surface area (Å²) in [5.41, 5.74) is 2.36. The number of nitrogens with one attached hydrogen (secondary N) is 1. The van der Waals surface area contributed by atoms with Crippen molar-refractivity contribution in [3.8, 4) is 0 Å². The maximum Gasteiger partial charge on any atom is 0.268 e. The number of sulfonamides is 1. The van der Waals surface area contributed by atoms with Crippen LogP contribution < -0.4 is 9.62 Å². The summed E-state index contributed by atoms with van der Waals surface area (Å²) >= 11 is 0. The molecular formula is C21H23FN4O3S. The van der Waals surface area contributed by atoms with E-state index in [0.29, 0.717) is 17.1 Å². The van der Waals surface area contributed by atoms with Crippen LogP contribution >= 0.6 is 0 Å². The van der Waals surface area contributed by atoms with Gasteiger partial charge < -0.3 is 5.32 Å². The minimum atomic E-state index is -4.09. The van der Waals surface area contributed by atoms with E-state index in [2.05, 4.69) is 10.4 Å². The topological polar surface area (TPSA) is 84.3 Å². The second kappa shape index (κ2) is 8.27. The van der Waals surface area contributed by atoms with Crippen molar-refractivity contribution in [1.29, 1.82) is 0 Å². The third-order valence-corrected chi connectivity index (χ3v) is 6.74. The molecule has 158 valence electrons. The molecule has 7 nitrogen and oxygen atoms in total. The molecular weight excluding hydrogens is 407 g/mol. The number of benzene rings is 2. The molecule has 0 unspecified atom stereocenters. The number of halogens is 1. The van der Waals surface area contributed by atoms with Gasteiger partial charge in [-0.3, -0.25) is 13.8 Å². The minimum Gasteiger partial charge on any atom is -0.324 e. The summed E-state index contributed by atoms with van der Waals surface area (Å²) in [5.74, 6) is -1.10. The third kappa shape index (κ3) is 4.35. The number of carbonyl (C=O) groups is 1. The Bertz CT molecular complexity index is 1190. The Balaban J connectivity index is 2.00. The maximum absolute atomic E-state index is 13.5. The van der Waals surface area contributed by atoms with Gasteiger partial charge in [-0.05, 0) is 51.1 Å². The molecule has 0 radical (unpaired) electrons. The van der Waals surface area contributed by atoms with Crippen LogP contribution in [0, 0.1) is 26.6 Å². The molecule has 30 heavy (non-hydrogen) atoms. The Morgan fingerprint density at radius 3 is 2.37 bits per heavy atom. The Hall–Kier alpha value is -3.20. The Morgan fingerprint density at radius 2 is 1.80 bits per heavy atom. The van der Waals surface area contributed by atoms with Crippen molar-refractivity contribution in [2.45, 2.75) is 25.7 Å². The molecule has 1 heterocycles. The van der Waals surface area contributed by atoms with E-state index in [0.717, 1.165) is 15.9 Å². The van der Waals surface area contributed by atoms with Crippen molar-refractivity contribution in [2.75, 3.05) is 16.2 Å². The molecule has 0 atom stereocenters. The van der Waals surface area contributed by atoms with Gasteiger partial charge in [-0.1, -0.05) is 23.8 Å². The van der Waals surface area contributed by atoms with Crippen LogP contribution in [-0.4, -0.2) is 30.7 Å². The highest BCUT2D eigenvalue weighted by molar-refractivity contribution is 7.93. The van der Waals surface area contributed by atoms with Crippen molar-refractivity contribution in [1.82, 2.24) is 9.78 Å². The Labute approximate surface area is 175 Å². The summed E-state index contributed by atoms with van der Waals surface area (Å²) in [6.45, 7) is 4.68. The quantitative estimate of drug-likeness (QED) is 0.650. The van der Waals surface area contributed by atoms with E-state index in [4.69, 9.17) is 0 Å². The molecule has 0 aliphatic rings. The van der Waals surface area contributed by atoms with Gasteiger partial charge in [0, 0.05) is 12.7 Å². The highest BCUT2D eigenvalue weighted by Gasteiger charge is 2.32. The first-order valence-corrected chi connectivity index (χ1v) is 10.7.